The first-order chi connectivity index (χ1) is 12.6. The molecule has 6 nitrogen and oxygen atoms in total. The quantitative estimate of drug-likeness (QED) is 0.748. The predicted octanol–water partition coefficient (Wildman–Crippen LogP) is 2.32. The van der Waals surface area contributed by atoms with Gasteiger partial charge in [-0.05, 0) is 43.5 Å². The predicted molar refractivity (Wildman–Crippen MR) is 105 cm³/mol. The van der Waals surface area contributed by atoms with Crippen molar-refractivity contribution < 1.29 is 9.18 Å². The highest BCUT2D eigenvalue weighted by Gasteiger charge is 2.26. The first kappa shape index (κ1) is 19.6. The molecule has 3 N–H and O–H groups in total. The van der Waals surface area contributed by atoms with Gasteiger partial charge in [0.1, 0.15) is 5.82 Å². The molecule has 0 radical (unpaired) electrons. The number of fused-ring (bicyclic) bond motifs is 1. The van der Waals surface area contributed by atoms with Crippen LogP contribution in [0.3, 0.4) is 0 Å². The molecule has 2 aliphatic heterocycles. The van der Waals surface area contributed by atoms with Crippen LogP contribution >= 0.6 is 12.4 Å². The van der Waals surface area contributed by atoms with E-state index in [1.54, 1.807) is 6.07 Å². The summed E-state index contributed by atoms with van der Waals surface area (Å²) in [5, 5.41) is 13.7. The second kappa shape index (κ2) is 8.27. The van der Waals surface area contributed by atoms with Gasteiger partial charge in [-0.25, -0.2) is 4.39 Å². The molecular formula is C19H25ClFN5O. The third kappa shape index (κ3) is 4.09. The fraction of sp³-hybridized carbons (Fsp3) is 0.474. The maximum atomic E-state index is 13.4. The van der Waals surface area contributed by atoms with Crippen molar-refractivity contribution in [1.82, 2.24) is 20.8 Å². The van der Waals surface area contributed by atoms with Crippen LogP contribution in [0.1, 0.15) is 40.2 Å². The van der Waals surface area contributed by atoms with Crippen LogP contribution in [0.25, 0.3) is 0 Å². The van der Waals surface area contributed by atoms with Crippen LogP contribution in [-0.4, -0.2) is 41.8 Å². The van der Waals surface area contributed by atoms with Crippen molar-refractivity contribution in [3.63, 3.8) is 0 Å². The SMILES string of the molecule is Cc1cc(F)ccc1N1CCCC(NC(=O)c2n[nH]c3c2CNCC3)C1.Cl. The fourth-order valence-corrected chi connectivity index (χ4v) is 3.95. The minimum absolute atomic E-state index is 0. The Kier molecular flexibility index (Phi) is 6.01. The lowest BCUT2D eigenvalue weighted by Gasteiger charge is -2.35. The Labute approximate surface area is 164 Å². The molecule has 8 heteroatoms. The van der Waals surface area contributed by atoms with E-state index in [4.69, 9.17) is 0 Å². The minimum atomic E-state index is -0.218. The molecule has 146 valence electrons. The zero-order chi connectivity index (χ0) is 18.1. The molecule has 0 aliphatic carbocycles. The van der Waals surface area contributed by atoms with Gasteiger partial charge in [0.25, 0.3) is 5.91 Å². The van der Waals surface area contributed by atoms with E-state index in [0.717, 1.165) is 61.4 Å². The molecule has 1 aromatic heterocycles. The van der Waals surface area contributed by atoms with Crippen molar-refractivity contribution in [2.24, 2.45) is 0 Å². The molecule has 1 fully saturated rings. The van der Waals surface area contributed by atoms with Crippen molar-refractivity contribution in [3.05, 3.63) is 46.5 Å². The van der Waals surface area contributed by atoms with Crippen LogP contribution in [0.5, 0.6) is 0 Å². The summed E-state index contributed by atoms with van der Waals surface area (Å²) in [6.07, 6.45) is 2.80. The molecule has 4 rings (SSSR count). The number of nitrogens with one attached hydrogen (secondary N) is 3. The Morgan fingerprint density at radius 2 is 2.26 bits per heavy atom. The molecule has 2 aromatic rings. The number of hydrogen-bond donors (Lipinski definition) is 3. The maximum absolute atomic E-state index is 13.4. The maximum Gasteiger partial charge on any atom is 0.272 e. The molecule has 0 bridgehead atoms. The number of nitrogens with zero attached hydrogens (tertiary/aromatic N) is 2. The highest BCUT2D eigenvalue weighted by Crippen LogP contribution is 2.25. The van der Waals surface area contributed by atoms with Gasteiger partial charge in [-0.1, -0.05) is 0 Å². The van der Waals surface area contributed by atoms with Gasteiger partial charge in [0.2, 0.25) is 0 Å². The van der Waals surface area contributed by atoms with E-state index in [2.05, 4.69) is 25.7 Å². The van der Waals surface area contributed by atoms with E-state index in [0.29, 0.717) is 12.2 Å². The molecule has 1 amide bonds. The third-order valence-corrected chi connectivity index (χ3v) is 5.28. The van der Waals surface area contributed by atoms with Crippen LogP contribution in [0.4, 0.5) is 10.1 Å². The lowest BCUT2D eigenvalue weighted by atomic mass is 10.0. The molecule has 1 aromatic carbocycles. The summed E-state index contributed by atoms with van der Waals surface area (Å²) in [5.41, 5.74) is 4.50. The molecule has 1 atom stereocenters. The highest BCUT2D eigenvalue weighted by atomic mass is 35.5. The Balaban J connectivity index is 0.00000210. The number of H-pyrrole nitrogens is 1. The number of rotatable bonds is 3. The monoisotopic (exact) mass is 393 g/mol. The molecule has 0 spiro atoms. The molecule has 2 aliphatic rings. The first-order valence-corrected chi connectivity index (χ1v) is 9.20. The van der Waals surface area contributed by atoms with Gasteiger partial charge < -0.3 is 15.5 Å². The largest absolute Gasteiger partial charge is 0.369 e. The Bertz CT molecular complexity index is 824. The number of carbonyl (C=O) groups is 1. The van der Waals surface area contributed by atoms with Gasteiger partial charge in [-0.3, -0.25) is 9.89 Å². The van der Waals surface area contributed by atoms with E-state index < -0.39 is 0 Å². The number of benzene rings is 1. The van der Waals surface area contributed by atoms with E-state index in [-0.39, 0.29) is 30.2 Å². The Morgan fingerprint density at radius 3 is 3.07 bits per heavy atom. The van der Waals surface area contributed by atoms with Crippen molar-refractivity contribution in [2.75, 3.05) is 24.5 Å². The normalized spacial score (nSPS) is 19.2. The van der Waals surface area contributed by atoms with Crippen molar-refractivity contribution in [1.29, 1.82) is 0 Å². The number of aryl methyl sites for hydroxylation is 1. The van der Waals surface area contributed by atoms with Gasteiger partial charge in [-0.15, -0.1) is 12.4 Å². The summed E-state index contributed by atoms with van der Waals surface area (Å²) in [7, 11) is 0. The van der Waals surface area contributed by atoms with Gasteiger partial charge in [0, 0.05) is 55.6 Å². The standard InChI is InChI=1S/C19H24FN5O.ClH/c1-12-9-13(20)4-5-17(12)25-8-2-3-14(11-25)22-19(26)18-15-10-21-7-6-16(15)23-24-18;/h4-5,9,14,21H,2-3,6-8,10-11H2,1H3,(H,22,26)(H,23,24);1H. The number of aromatic amines is 1. The zero-order valence-corrected chi connectivity index (χ0v) is 16.2. The van der Waals surface area contributed by atoms with Crippen molar-refractivity contribution in [2.45, 2.75) is 38.8 Å². The zero-order valence-electron chi connectivity index (χ0n) is 15.3. The second-order valence-corrected chi connectivity index (χ2v) is 7.15. The summed E-state index contributed by atoms with van der Waals surface area (Å²) < 4.78 is 13.4. The smallest absolute Gasteiger partial charge is 0.272 e. The molecule has 1 saturated heterocycles. The number of amides is 1. The summed E-state index contributed by atoms with van der Waals surface area (Å²) >= 11 is 0. The average molecular weight is 394 g/mol. The summed E-state index contributed by atoms with van der Waals surface area (Å²) in [6, 6.07) is 4.93. The van der Waals surface area contributed by atoms with Crippen LogP contribution in [-0.2, 0) is 13.0 Å². The van der Waals surface area contributed by atoms with Gasteiger partial charge in [0.15, 0.2) is 5.69 Å². The second-order valence-electron chi connectivity index (χ2n) is 7.15. The molecule has 27 heavy (non-hydrogen) atoms. The van der Waals surface area contributed by atoms with E-state index in [1.807, 2.05) is 13.0 Å². The number of carbonyl (C=O) groups excluding carboxylic acids is 1. The van der Waals surface area contributed by atoms with Gasteiger partial charge >= 0.3 is 0 Å². The molecule has 3 heterocycles. The summed E-state index contributed by atoms with van der Waals surface area (Å²) in [4.78, 5) is 14.9. The summed E-state index contributed by atoms with van der Waals surface area (Å²) in [6.45, 7) is 5.15. The third-order valence-electron chi connectivity index (χ3n) is 5.28. The van der Waals surface area contributed by atoms with Crippen molar-refractivity contribution in [3.8, 4) is 0 Å². The molecule has 1 unspecified atom stereocenters. The Morgan fingerprint density at radius 1 is 1.41 bits per heavy atom. The van der Waals surface area contributed by atoms with Gasteiger partial charge in [-0.2, -0.15) is 5.10 Å². The van der Waals surface area contributed by atoms with E-state index in [9.17, 15) is 9.18 Å². The number of anilines is 1. The van der Waals surface area contributed by atoms with E-state index >= 15 is 0 Å². The van der Waals surface area contributed by atoms with Crippen molar-refractivity contribution >= 4 is 24.0 Å². The number of hydrogen-bond acceptors (Lipinski definition) is 4. The highest BCUT2D eigenvalue weighted by molar-refractivity contribution is 5.94. The average Bonchev–Trinajstić information content (AvgIpc) is 3.06. The lowest BCUT2D eigenvalue weighted by molar-refractivity contribution is 0.0927. The number of piperidine rings is 1. The minimum Gasteiger partial charge on any atom is -0.369 e. The lowest BCUT2D eigenvalue weighted by Crippen LogP contribution is -2.48. The fourth-order valence-electron chi connectivity index (χ4n) is 3.95. The summed E-state index contributed by atoms with van der Waals surface area (Å²) in [5.74, 6) is -0.334. The van der Waals surface area contributed by atoms with Crippen LogP contribution < -0.4 is 15.5 Å². The van der Waals surface area contributed by atoms with Gasteiger partial charge in [0.05, 0.1) is 0 Å². The molecular weight excluding hydrogens is 369 g/mol. The first-order valence-electron chi connectivity index (χ1n) is 9.20. The topological polar surface area (TPSA) is 73.0 Å². The van der Waals surface area contributed by atoms with Crippen LogP contribution in [0.15, 0.2) is 18.2 Å². The molecule has 0 saturated carbocycles. The number of halogens is 2. The van der Waals surface area contributed by atoms with Crippen LogP contribution in [0, 0.1) is 12.7 Å². The van der Waals surface area contributed by atoms with E-state index in [1.165, 1.54) is 6.07 Å². The van der Waals surface area contributed by atoms with Crippen LogP contribution in [0.2, 0.25) is 0 Å². The number of aromatic nitrogens is 2. The Hall–Kier alpha value is -2.12.